The highest BCUT2D eigenvalue weighted by atomic mass is 79.9. The molecule has 0 saturated carbocycles. The second-order valence-electron chi connectivity index (χ2n) is 3.31. The summed E-state index contributed by atoms with van der Waals surface area (Å²) in [7, 11) is 0. The lowest BCUT2D eigenvalue weighted by Crippen LogP contribution is -2.16. The first-order valence-electron chi connectivity index (χ1n) is 5.17. The second-order valence-corrected chi connectivity index (χ2v) is 4.10. The van der Waals surface area contributed by atoms with Crippen molar-refractivity contribution in [3.63, 3.8) is 0 Å². The van der Waals surface area contributed by atoms with Gasteiger partial charge >= 0.3 is 12.3 Å². The van der Waals surface area contributed by atoms with Crippen LogP contribution < -0.4 is 4.74 Å². The average molecular weight is 339 g/mol. The molecule has 0 aliphatic carbocycles. The van der Waals surface area contributed by atoms with Crippen LogP contribution in [0.1, 0.15) is 5.56 Å². The molecule has 0 saturated heterocycles. The number of carbonyl (C=O) groups excluding carboxylic acids is 1. The van der Waals surface area contributed by atoms with Crippen molar-refractivity contribution in [1.82, 2.24) is 0 Å². The summed E-state index contributed by atoms with van der Waals surface area (Å²) in [5, 5.41) is 0.538. The Balaban J connectivity index is 2.57. The van der Waals surface area contributed by atoms with Crippen molar-refractivity contribution in [2.24, 2.45) is 0 Å². The van der Waals surface area contributed by atoms with Crippen molar-refractivity contribution >= 4 is 28.0 Å². The quantitative estimate of drug-likeness (QED) is 0.468. The van der Waals surface area contributed by atoms with Gasteiger partial charge in [0.25, 0.3) is 0 Å². The number of hydrogen-bond acceptors (Lipinski definition) is 3. The van der Waals surface area contributed by atoms with Gasteiger partial charge in [-0.2, -0.15) is 0 Å². The van der Waals surface area contributed by atoms with E-state index in [-0.39, 0.29) is 12.4 Å². The highest BCUT2D eigenvalue weighted by Crippen LogP contribution is 2.22. The van der Waals surface area contributed by atoms with Gasteiger partial charge in [-0.15, -0.1) is 13.2 Å². The summed E-state index contributed by atoms with van der Waals surface area (Å²) in [5.41, 5.74) is 0.560. The van der Waals surface area contributed by atoms with E-state index in [2.05, 4.69) is 20.7 Å². The number of carbonyl (C=O) groups is 1. The molecular formula is C12H10BrF3O3. The van der Waals surface area contributed by atoms with E-state index in [9.17, 15) is 18.0 Å². The fraction of sp³-hybridized carbons (Fsp3) is 0.250. The summed E-state index contributed by atoms with van der Waals surface area (Å²) in [5.74, 6) is -0.832. The molecule has 3 nitrogen and oxygen atoms in total. The van der Waals surface area contributed by atoms with E-state index in [0.717, 1.165) is 12.1 Å². The molecule has 0 fully saturated rings. The fourth-order valence-electron chi connectivity index (χ4n) is 1.13. The molecule has 0 heterocycles. The standard InChI is InChI=1S/C12H10BrF3O3/c13-7-8-18-11(17)6-3-9-1-4-10(5-2-9)19-12(14,15)16/h1-6H,7-8H2. The van der Waals surface area contributed by atoms with Gasteiger partial charge in [-0.3, -0.25) is 0 Å². The van der Waals surface area contributed by atoms with Crippen LogP contribution in [-0.2, 0) is 9.53 Å². The Morgan fingerprint density at radius 3 is 2.42 bits per heavy atom. The van der Waals surface area contributed by atoms with E-state index < -0.39 is 12.3 Å². The lowest BCUT2D eigenvalue weighted by molar-refractivity contribution is -0.274. The Kier molecular flexibility index (Phi) is 5.88. The van der Waals surface area contributed by atoms with E-state index in [4.69, 9.17) is 4.74 Å². The third-order valence-corrected chi connectivity index (χ3v) is 2.17. The first-order valence-corrected chi connectivity index (χ1v) is 6.29. The van der Waals surface area contributed by atoms with Crippen LogP contribution in [0.5, 0.6) is 5.75 Å². The van der Waals surface area contributed by atoms with Gasteiger partial charge < -0.3 is 9.47 Å². The predicted molar refractivity (Wildman–Crippen MR) is 66.9 cm³/mol. The van der Waals surface area contributed by atoms with Crippen LogP contribution in [0.4, 0.5) is 13.2 Å². The number of hydrogen-bond donors (Lipinski definition) is 0. The van der Waals surface area contributed by atoms with Gasteiger partial charge in [0.1, 0.15) is 12.4 Å². The molecule has 0 aliphatic heterocycles. The first kappa shape index (κ1) is 15.6. The van der Waals surface area contributed by atoms with Crippen LogP contribution >= 0.6 is 15.9 Å². The van der Waals surface area contributed by atoms with Gasteiger partial charge in [0.2, 0.25) is 0 Å². The second kappa shape index (κ2) is 7.18. The molecular weight excluding hydrogens is 329 g/mol. The number of halogens is 4. The van der Waals surface area contributed by atoms with Gasteiger partial charge in [-0.25, -0.2) is 4.79 Å². The van der Waals surface area contributed by atoms with Gasteiger partial charge in [0, 0.05) is 11.4 Å². The third-order valence-electron chi connectivity index (χ3n) is 1.85. The van der Waals surface area contributed by atoms with Crippen molar-refractivity contribution in [3.05, 3.63) is 35.9 Å². The topological polar surface area (TPSA) is 35.5 Å². The number of ether oxygens (including phenoxy) is 2. The van der Waals surface area contributed by atoms with E-state index in [1.54, 1.807) is 0 Å². The normalized spacial score (nSPS) is 11.6. The smallest absolute Gasteiger partial charge is 0.462 e. The van der Waals surface area contributed by atoms with Crippen LogP contribution in [0.3, 0.4) is 0 Å². The molecule has 1 rings (SSSR count). The molecule has 7 heteroatoms. The SMILES string of the molecule is O=C(C=Cc1ccc(OC(F)(F)F)cc1)OCCBr. The Hall–Kier alpha value is -1.50. The minimum Gasteiger partial charge on any atom is -0.462 e. The zero-order valence-electron chi connectivity index (χ0n) is 9.61. The fourth-order valence-corrected chi connectivity index (χ4v) is 1.29. The molecule has 0 amide bonds. The van der Waals surface area contributed by atoms with Crippen molar-refractivity contribution in [2.45, 2.75) is 6.36 Å². The van der Waals surface area contributed by atoms with Crippen LogP contribution in [-0.4, -0.2) is 24.3 Å². The van der Waals surface area contributed by atoms with Crippen molar-refractivity contribution < 1.29 is 27.4 Å². The zero-order chi connectivity index (χ0) is 14.3. The number of alkyl halides is 4. The largest absolute Gasteiger partial charge is 0.573 e. The van der Waals surface area contributed by atoms with E-state index in [0.29, 0.717) is 10.9 Å². The van der Waals surface area contributed by atoms with Crippen LogP contribution in [0, 0.1) is 0 Å². The molecule has 19 heavy (non-hydrogen) atoms. The van der Waals surface area contributed by atoms with Crippen molar-refractivity contribution in [3.8, 4) is 5.75 Å². The molecule has 0 aliphatic rings. The average Bonchev–Trinajstić information content (AvgIpc) is 2.33. The summed E-state index contributed by atoms with van der Waals surface area (Å²) in [6, 6.07) is 5.12. The summed E-state index contributed by atoms with van der Waals surface area (Å²) in [4.78, 5) is 11.1. The van der Waals surface area contributed by atoms with E-state index >= 15 is 0 Å². The summed E-state index contributed by atoms with van der Waals surface area (Å²) in [6.45, 7) is 0.252. The highest BCUT2D eigenvalue weighted by Gasteiger charge is 2.30. The highest BCUT2D eigenvalue weighted by molar-refractivity contribution is 9.09. The number of benzene rings is 1. The third kappa shape index (κ3) is 6.85. The van der Waals surface area contributed by atoms with Crippen LogP contribution in [0.15, 0.2) is 30.3 Å². The maximum atomic E-state index is 11.9. The zero-order valence-corrected chi connectivity index (χ0v) is 11.2. The van der Waals surface area contributed by atoms with Crippen LogP contribution in [0.25, 0.3) is 6.08 Å². The van der Waals surface area contributed by atoms with Crippen molar-refractivity contribution in [2.75, 3.05) is 11.9 Å². The summed E-state index contributed by atoms with van der Waals surface area (Å²) >= 11 is 3.10. The molecule has 0 bridgehead atoms. The lowest BCUT2D eigenvalue weighted by Gasteiger charge is -2.08. The molecule has 0 aromatic heterocycles. The Morgan fingerprint density at radius 2 is 1.89 bits per heavy atom. The molecule has 0 unspecified atom stereocenters. The Labute approximate surface area is 116 Å². The van der Waals surface area contributed by atoms with Crippen molar-refractivity contribution in [1.29, 1.82) is 0 Å². The maximum absolute atomic E-state index is 11.9. The molecule has 0 radical (unpaired) electrons. The molecule has 0 atom stereocenters. The first-order chi connectivity index (χ1) is 8.90. The predicted octanol–water partition coefficient (Wildman–Crippen LogP) is 3.54. The Morgan fingerprint density at radius 1 is 1.26 bits per heavy atom. The minimum atomic E-state index is -4.71. The number of esters is 1. The van der Waals surface area contributed by atoms with Gasteiger partial charge in [0.05, 0.1) is 0 Å². The molecule has 1 aromatic rings. The monoisotopic (exact) mass is 338 g/mol. The lowest BCUT2D eigenvalue weighted by atomic mass is 10.2. The summed E-state index contributed by atoms with van der Waals surface area (Å²) < 4.78 is 44.2. The van der Waals surface area contributed by atoms with E-state index in [1.807, 2.05) is 0 Å². The molecule has 1 aromatic carbocycles. The van der Waals surface area contributed by atoms with Gasteiger partial charge in [-0.05, 0) is 23.8 Å². The maximum Gasteiger partial charge on any atom is 0.573 e. The van der Waals surface area contributed by atoms with E-state index in [1.165, 1.54) is 24.3 Å². The summed E-state index contributed by atoms with van der Waals surface area (Å²) in [6.07, 6.45) is -2.08. The molecule has 0 N–H and O–H groups in total. The van der Waals surface area contributed by atoms with Gasteiger partial charge in [-0.1, -0.05) is 28.1 Å². The minimum absolute atomic E-state index is 0.252. The molecule has 0 spiro atoms. The molecule has 104 valence electrons. The van der Waals surface area contributed by atoms with Crippen LogP contribution in [0.2, 0.25) is 0 Å². The van der Waals surface area contributed by atoms with Gasteiger partial charge in [0.15, 0.2) is 0 Å². The number of rotatable bonds is 5. The Bertz CT molecular complexity index is 441.